The molecular formula is C12H17BrN2O. The molecule has 0 saturated carbocycles. The van der Waals surface area contributed by atoms with Gasteiger partial charge >= 0.3 is 0 Å². The number of halogens is 1. The first-order chi connectivity index (χ1) is 7.54. The van der Waals surface area contributed by atoms with Gasteiger partial charge in [0.1, 0.15) is 0 Å². The van der Waals surface area contributed by atoms with Crippen LogP contribution in [-0.2, 0) is 4.79 Å². The normalized spacial score (nSPS) is 14.2. The maximum absolute atomic E-state index is 11.6. The first-order valence-electron chi connectivity index (χ1n) is 5.30. The Bertz CT molecular complexity index is 351. The van der Waals surface area contributed by atoms with E-state index < -0.39 is 0 Å². The molecule has 0 fully saturated rings. The molecule has 0 bridgehead atoms. The summed E-state index contributed by atoms with van der Waals surface area (Å²) in [4.78, 5) is 11.6. The van der Waals surface area contributed by atoms with Crippen LogP contribution in [-0.4, -0.2) is 12.5 Å². The van der Waals surface area contributed by atoms with Crippen LogP contribution in [0.1, 0.15) is 25.5 Å². The summed E-state index contributed by atoms with van der Waals surface area (Å²) in [6, 6.07) is 7.91. The average molecular weight is 285 g/mol. The fourth-order valence-corrected chi connectivity index (χ4v) is 1.56. The molecule has 88 valence electrons. The van der Waals surface area contributed by atoms with Crippen LogP contribution >= 0.6 is 15.9 Å². The third kappa shape index (κ3) is 3.61. The highest BCUT2D eigenvalue weighted by molar-refractivity contribution is 9.10. The molecule has 1 amide bonds. The molecule has 0 saturated heterocycles. The van der Waals surface area contributed by atoms with Crippen molar-refractivity contribution in [2.75, 3.05) is 6.54 Å². The van der Waals surface area contributed by atoms with E-state index in [0.717, 1.165) is 10.0 Å². The molecular weight excluding hydrogens is 268 g/mol. The molecule has 16 heavy (non-hydrogen) atoms. The first kappa shape index (κ1) is 13.2. The monoisotopic (exact) mass is 284 g/mol. The van der Waals surface area contributed by atoms with Gasteiger partial charge in [0.05, 0.1) is 6.04 Å². The molecule has 2 atom stereocenters. The van der Waals surface area contributed by atoms with Gasteiger partial charge in [-0.05, 0) is 24.6 Å². The molecule has 3 N–H and O–H groups in total. The van der Waals surface area contributed by atoms with Crippen molar-refractivity contribution in [1.29, 1.82) is 0 Å². The van der Waals surface area contributed by atoms with Crippen LogP contribution in [0.5, 0.6) is 0 Å². The second-order valence-corrected chi connectivity index (χ2v) is 4.83. The summed E-state index contributed by atoms with van der Waals surface area (Å²) in [7, 11) is 0. The number of nitrogens with two attached hydrogens (primary N) is 1. The Balaban J connectivity index is 2.62. The van der Waals surface area contributed by atoms with Gasteiger partial charge in [-0.3, -0.25) is 4.79 Å². The van der Waals surface area contributed by atoms with Gasteiger partial charge in [0.25, 0.3) is 0 Å². The summed E-state index contributed by atoms with van der Waals surface area (Å²) in [5.41, 5.74) is 6.52. The van der Waals surface area contributed by atoms with Crippen LogP contribution < -0.4 is 11.1 Å². The van der Waals surface area contributed by atoms with Crippen LogP contribution in [0.4, 0.5) is 0 Å². The van der Waals surface area contributed by atoms with E-state index in [1.165, 1.54) is 0 Å². The maximum atomic E-state index is 11.6. The Morgan fingerprint density at radius 1 is 1.38 bits per heavy atom. The summed E-state index contributed by atoms with van der Waals surface area (Å²) in [5.74, 6) is -0.143. The average Bonchev–Trinajstić information content (AvgIpc) is 2.28. The number of hydrogen-bond acceptors (Lipinski definition) is 2. The molecule has 1 aromatic rings. The van der Waals surface area contributed by atoms with Gasteiger partial charge in [-0.1, -0.05) is 35.0 Å². The van der Waals surface area contributed by atoms with Crippen molar-refractivity contribution in [3.05, 3.63) is 34.3 Å². The molecule has 0 aliphatic carbocycles. The van der Waals surface area contributed by atoms with Gasteiger partial charge in [-0.25, -0.2) is 0 Å². The number of nitrogens with one attached hydrogen (secondary N) is 1. The smallest absolute Gasteiger partial charge is 0.224 e. The zero-order valence-electron chi connectivity index (χ0n) is 9.53. The van der Waals surface area contributed by atoms with Crippen molar-refractivity contribution in [3.63, 3.8) is 0 Å². The van der Waals surface area contributed by atoms with Crippen molar-refractivity contribution >= 4 is 21.8 Å². The van der Waals surface area contributed by atoms with Crippen molar-refractivity contribution in [1.82, 2.24) is 5.32 Å². The summed E-state index contributed by atoms with van der Waals surface area (Å²) >= 11 is 3.38. The molecule has 0 aliphatic rings. The standard InChI is InChI=1S/C12H17BrN2O/c1-8(7-14)12(16)15-9(2)10-3-5-11(13)6-4-10/h3-6,8-9H,7,14H2,1-2H3,(H,15,16)/t8?,9-/m0/s1. The quantitative estimate of drug-likeness (QED) is 0.891. The number of hydrogen-bond donors (Lipinski definition) is 2. The summed E-state index contributed by atoms with van der Waals surface area (Å²) in [6.45, 7) is 4.16. The number of benzene rings is 1. The second kappa shape index (κ2) is 6.01. The third-order valence-corrected chi connectivity index (χ3v) is 3.06. The Hall–Kier alpha value is -0.870. The highest BCUT2D eigenvalue weighted by atomic mass is 79.9. The molecule has 0 spiro atoms. The lowest BCUT2D eigenvalue weighted by Crippen LogP contribution is -2.34. The Morgan fingerprint density at radius 3 is 2.44 bits per heavy atom. The van der Waals surface area contributed by atoms with Crippen LogP contribution in [0.25, 0.3) is 0 Å². The summed E-state index contributed by atoms with van der Waals surface area (Å²) in [5, 5.41) is 2.93. The third-order valence-electron chi connectivity index (χ3n) is 2.53. The van der Waals surface area contributed by atoms with Crippen LogP contribution in [0.2, 0.25) is 0 Å². The lowest BCUT2D eigenvalue weighted by atomic mass is 10.1. The molecule has 0 radical (unpaired) electrons. The van der Waals surface area contributed by atoms with E-state index in [0.29, 0.717) is 6.54 Å². The highest BCUT2D eigenvalue weighted by Gasteiger charge is 2.14. The lowest BCUT2D eigenvalue weighted by Gasteiger charge is -2.17. The Kier molecular flexibility index (Phi) is 4.96. The zero-order chi connectivity index (χ0) is 12.1. The summed E-state index contributed by atoms with van der Waals surface area (Å²) in [6.07, 6.45) is 0. The van der Waals surface area contributed by atoms with Gasteiger partial charge in [-0.15, -0.1) is 0 Å². The van der Waals surface area contributed by atoms with Gasteiger partial charge in [0, 0.05) is 16.9 Å². The molecule has 0 aliphatic heterocycles. The molecule has 0 aromatic heterocycles. The van der Waals surface area contributed by atoms with Crippen LogP contribution in [0, 0.1) is 5.92 Å². The predicted octanol–water partition coefficient (Wildman–Crippen LogP) is 2.22. The van der Waals surface area contributed by atoms with E-state index in [1.54, 1.807) is 0 Å². The van der Waals surface area contributed by atoms with Gasteiger partial charge < -0.3 is 11.1 Å². The van der Waals surface area contributed by atoms with E-state index in [-0.39, 0.29) is 17.9 Å². The van der Waals surface area contributed by atoms with Crippen molar-refractivity contribution in [3.8, 4) is 0 Å². The highest BCUT2D eigenvalue weighted by Crippen LogP contribution is 2.16. The SMILES string of the molecule is CC(CN)C(=O)N[C@@H](C)c1ccc(Br)cc1. The van der Waals surface area contributed by atoms with E-state index in [9.17, 15) is 4.79 Å². The lowest BCUT2D eigenvalue weighted by molar-refractivity contribution is -0.124. The molecule has 1 rings (SSSR count). The number of rotatable bonds is 4. The number of carbonyl (C=O) groups is 1. The second-order valence-electron chi connectivity index (χ2n) is 3.92. The van der Waals surface area contributed by atoms with Crippen molar-refractivity contribution < 1.29 is 4.79 Å². The number of amides is 1. The van der Waals surface area contributed by atoms with Gasteiger partial charge in [0.15, 0.2) is 0 Å². The van der Waals surface area contributed by atoms with E-state index >= 15 is 0 Å². The fourth-order valence-electron chi connectivity index (χ4n) is 1.30. The van der Waals surface area contributed by atoms with E-state index in [4.69, 9.17) is 5.73 Å². The number of carbonyl (C=O) groups excluding carboxylic acids is 1. The van der Waals surface area contributed by atoms with Crippen LogP contribution in [0.3, 0.4) is 0 Å². The molecule has 4 heteroatoms. The predicted molar refractivity (Wildman–Crippen MR) is 68.9 cm³/mol. The molecule has 1 aromatic carbocycles. The van der Waals surface area contributed by atoms with Gasteiger partial charge in [-0.2, -0.15) is 0 Å². The Labute approximate surface area is 105 Å². The van der Waals surface area contributed by atoms with Crippen LogP contribution in [0.15, 0.2) is 28.7 Å². The Morgan fingerprint density at radius 2 is 1.94 bits per heavy atom. The maximum Gasteiger partial charge on any atom is 0.224 e. The van der Waals surface area contributed by atoms with E-state index in [1.807, 2.05) is 38.1 Å². The first-order valence-corrected chi connectivity index (χ1v) is 6.09. The molecule has 0 heterocycles. The summed E-state index contributed by atoms with van der Waals surface area (Å²) < 4.78 is 1.03. The molecule has 3 nitrogen and oxygen atoms in total. The van der Waals surface area contributed by atoms with E-state index in [2.05, 4.69) is 21.2 Å². The van der Waals surface area contributed by atoms with Crippen molar-refractivity contribution in [2.24, 2.45) is 11.7 Å². The largest absolute Gasteiger partial charge is 0.349 e. The fraction of sp³-hybridized carbons (Fsp3) is 0.417. The minimum atomic E-state index is -0.141. The molecule has 1 unspecified atom stereocenters. The zero-order valence-corrected chi connectivity index (χ0v) is 11.1. The minimum Gasteiger partial charge on any atom is -0.349 e. The van der Waals surface area contributed by atoms with Crippen molar-refractivity contribution in [2.45, 2.75) is 19.9 Å². The van der Waals surface area contributed by atoms with Gasteiger partial charge in [0.2, 0.25) is 5.91 Å². The topological polar surface area (TPSA) is 55.1 Å². The minimum absolute atomic E-state index is 0.00193.